The minimum atomic E-state index is -0.330. The second-order valence-electron chi connectivity index (χ2n) is 7.82. The molecule has 1 aromatic heterocycles. The quantitative estimate of drug-likeness (QED) is 0.277. The molecule has 3 nitrogen and oxygen atoms in total. The molecule has 0 fully saturated rings. The molecule has 1 amide bonds. The molecule has 1 heterocycles. The van der Waals surface area contributed by atoms with E-state index in [1.165, 1.54) is 52.9 Å². The van der Waals surface area contributed by atoms with Crippen molar-refractivity contribution in [1.29, 1.82) is 0 Å². The van der Waals surface area contributed by atoms with Gasteiger partial charge in [0.15, 0.2) is 5.13 Å². The average molecular weight is 495 g/mol. The van der Waals surface area contributed by atoms with Gasteiger partial charge >= 0.3 is 0 Å². The Balaban J connectivity index is 1.46. The van der Waals surface area contributed by atoms with E-state index in [0.717, 1.165) is 33.7 Å². The monoisotopic (exact) mass is 494 g/mol. The van der Waals surface area contributed by atoms with Gasteiger partial charge in [0.2, 0.25) is 5.91 Å². The number of carbonyl (C=O) groups is 1. The maximum atomic E-state index is 13.4. The molecule has 0 saturated carbocycles. The summed E-state index contributed by atoms with van der Waals surface area (Å²) in [6.45, 7) is 4.11. The number of amides is 1. The Hall–Kier alpha value is -3.03. The Labute approximate surface area is 206 Å². The molecule has 0 saturated heterocycles. The van der Waals surface area contributed by atoms with Crippen molar-refractivity contribution in [3.05, 3.63) is 106 Å². The van der Waals surface area contributed by atoms with Crippen molar-refractivity contribution >= 4 is 34.1 Å². The van der Waals surface area contributed by atoms with E-state index >= 15 is 0 Å². The van der Waals surface area contributed by atoms with Crippen LogP contribution in [0.2, 0.25) is 0 Å². The molecule has 0 radical (unpaired) electrons. The van der Waals surface area contributed by atoms with Gasteiger partial charge in [0, 0.05) is 10.4 Å². The highest BCUT2D eigenvalue weighted by atomic mass is 32.2. The molecule has 0 bridgehead atoms. The summed E-state index contributed by atoms with van der Waals surface area (Å²) in [6.07, 6.45) is 0.978. The second kappa shape index (κ2) is 10.9. The van der Waals surface area contributed by atoms with Crippen molar-refractivity contribution in [2.45, 2.75) is 25.5 Å². The van der Waals surface area contributed by atoms with Gasteiger partial charge in [0.25, 0.3) is 0 Å². The number of nitrogens with one attached hydrogen (secondary N) is 1. The number of benzene rings is 3. The lowest BCUT2D eigenvalue weighted by Gasteiger charge is -2.17. The minimum Gasteiger partial charge on any atom is -0.301 e. The lowest BCUT2D eigenvalue weighted by atomic mass is 10.0. The SMILES string of the molecule is CCc1ccc(-c2nc(NC(=O)CSC(c3ccc(F)cc3)c3ccc(F)cc3)sc2C)cc1. The molecule has 4 aromatic rings. The first-order valence-corrected chi connectivity index (χ1v) is 12.8. The molecule has 0 aliphatic heterocycles. The van der Waals surface area contributed by atoms with Gasteiger partial charge in [-0.15, -0.1) is 23.1 Å². The number of thioether (sulfide) groups is 1. The van der Waals surface area contributed by atoms with Crippen LogP contribution >= 0.6 is 23.1 Å². The zero-order chi connectivity index (χ0) is 24.1. The Bertz CT molecular complexity index is 1210. The fourth-order valence-corrected chi connectivity index (χ4v) is 5.53. The Kier molecular flexibility index (Phi) is 7.75. The van der Waals surface area contributed by atoms with E-state index < -0.39 is 0 Å². The zero-order valence-corrected chi connectivity index (χ0v) is 20.5. The van der Waals surface area contributed by atoms with E-state index in [1.54, 1.807) is 24.3 Å². The standard InChI is InChI=1S/C27H24F2N2OS2/c1-3-18-4-6-19(7-5-18)25-17(2)34-27(31-25)30-24(32)16-33-26(20-8-12-22(28)13-9-20)21-10-14-23(29)15-11-21/h4-15,26H,3,16H2,1-2H3,(H,30,31,32). The largest absolute Gasteiger partial charge is 0.301 e. The molecule has 0 aliphatic rings. The topological polar surface area (TPSA) is 42.0 Å². The van der Waals surface area contributed by atoms with Crippen LogP contribution in [-0.2, 0) is 11.2 Å². The number of carbonyl (C=O) groups excluding carboxylic acids is 1. The van der Waals surface area contributed by atoms with E-state index in [-0.39, 0.29) is 28.5 Å². The summed E-state index contributed by atoms with van der Waals surface area (Å²) in [4.78, 5) is 18.4. The third-order valence-electron chi connectivity index (χ3n) is 5.41. The van der Waals surface area contributed by atoms with Crippen LogP contribution in [-0.4, -0.2) is 16.6 Å². The maximum absolute atomic E-state index is 13.4. The van der Waals surface area contributed by atoms with Crippen molar-refractivity contribution in [1.82, 2.24) is 4.98 Å². The summed E-state index contributed by atoms with van der Waals surface area (Å²) >= 11 is 2.84. The molecule has 3 aromatic carbocycles. The van der Waals surface area contributed by atoms with Gasteiger partial charge in [-0.1, -0.05) is 55.5 Å². The summed E-state index contributed by atoms with van der Waals surface area (Å²) in [7, 11) is 0. The van der Waals surface area contributed by atoms with E-state index in [1.807, 2.05) is 6.92 Å². The van der Waals surface area contributed by atoms with E-state index in [0.29, 0.717) is 5.13 Å². The van der Waals surface area contributed by atoms with Gasteiger partial charge in [0.05, 0.1) is 16.7 Å². The fourth-order valence-electron chi connectivity index (χ4n) is 3.59. The lowest BCUT2D eigenvalue weighted by molar-refractivity contribution is -0.113. The third kappa shape index (κ3) is 5.90. The number of aromatic nitrogens is 1. The van der Waals surface area contributed by atoms with Crippen LogP contribution in [0.5, 0.6) is 0 Å². The normalized spacial score (nSPS) is 11.1. The molecular weight excluding hydrogens is 470 g/mol. The van der Waals surface area contributed by atoms with Gasteiger partial charge in [-0.05, 0) is 54.3 Å². The van der Waals surface area contributed by atoms with Crippen molar-refractivity contribution in [3.63, 3.8) is 0 Å². The highest BCUT2D eigenvalue weighted by Crippen LogP contribution is 2.36. The molecular formula is C27H24F2N2OS2. The molecule has 174 valence electrons. The van der Waals surface area contributed by atoms with Crippen molar-refractivity contribution in [2.75, 3.05) is 11.1 Å². The van der Waals surface area contributed by atoms with E-state index in [2.05, 4.69) is 41.5 Å². The smallest absolute Gasteiger partial charge is 0.236 e. The molecule has 0 unspecified atom stereocenters. The second-order valence-corrected chi connectivity index (χ2v) is 10.1. The molecule has 34 heavy (non-hydrogen) atoms. The van der Waals surface area contributed by atoms with Crippen LogP contribution in [0.25, 0.3) is 11.3 Å². The van der Waals surface area contributed by atoms with Crippen LogP contribution in [0.15, 0.2) is 72.8 Å². The number of rotatable bonds is 8. The van der Waals surface area contributed by atoms with Gasteiger partial charge in [0.1, 0.15) is 11.6 Å². The summed E-state index contributed by atoms with van der Waals surface area (Å²) in [5, 5.41) is 3.21. The highest BCUT2D eigenvalue weighted by Gasteiger charge is 2.18. The highest BCUT2D eigenvalue weighted by molar-refractivity contribution is 8.00. The fraction of sp³-hybridized carbons (Fsp3) is 0.185. The van der Waals surface area contributed by atoms with Gasteiger partial charge in [-0.3, -0.25) is 4.79 Å². The number of hydrogen-bond acceptors (Lipinski definition) is 4. The number of hydrogen-bond donors (Lipinski definition) is 1. The maximum Gasteiger partial charge on any atom is 0.236 e. The first-order valence-electron chi connectivity index (χ1n) is 10.9. The molecule has 0 atom stereocenters. The average Bonchev–Trinajstić information content (AvgIpc) is 3.21. The lowest BCUT2D eigenvalue weighted by Crippen LogP contribution is -2.15. The van der Waals surface area contributed by atoms with Crippen LogP contribution in [0.1, 0.15) is 33.7 Å². The minimum absolute atomic E-state index is 0.165. The predicted molar refractivity (Wildman–Crippen MR) is 137 cm³/mol. The van der Waals surface area contributed by atoms with Crippen LogP contribution < -0.4 is 5.32 Å². The zero-order valence-electron chi connectivity index (χ0n) is 18.8. The summed E-state index contributed by atoms with van der Waals surface area (Å²) in [6, 6.07) is 20.6. The number of halogens is 2. The molecule has 0 spiro atoms. The van der Waals surface area contributed by atoms with Gasteiger partial charge in [-0.2, -0.15) is 0 Å². The van der Waals surface area contributed by atoms with Gasteiger partial charge in [-0.25, -0.2) is 13.8 Å². The third-order valence-corrected chi connectivity index (χ3v) is 7.60. The first-order chi connectivity index (χ1) is 16.4. The number of nitrogens with zero attached hydrogens (tertiary/aromatic N) is 1. The summed E-state index contributed by atoms with van der Waals surface area (Å²) < 4.78 is 26.9. The number of aryl methyl sites for hydroxylation is 2. The molecule has 0 aliphatic carbocycles. The predicted octanol–water partition coefficient (Wildman–Crippen LogP) is 7.42. The van der Waals surface area contributed by atoms with Crippen molar-refractivity contribution in [3.8, 4) is 11.3 Å². The Morgan fingerprint density at radius 3 is 2.03 bits per heavy atom. The Morgan fingerprint density at radius 1 is 0.941 bits per heavy atom. The van der Waals surface area contributed by atoms with E-state index in [9.17, 15) is 13.6 Å². The molecule has 1 N–H and O–H groups in total. The number of anilines is 1. The molecule has 4 rings (SSSR count). The van der Waals surface area contributed by atoms with Crippen LogP contribution in [0, 0.1) is 18.6 Å². The first kappa shape index (κ1) is 24.1. The van der Waals surface area contributed by atoms with Crippen molar-refractivity contribution in [2.24, 2.45) is 0 Å². The van der Waals surface area contributed by atoms with Gasteiger partial charge < -0.3 is 5.32 Å². The Morgan fingerprint density at radius 2 is 1.50 bits per heavy atom. The van der Waals surface area contributed by atoms with Crippen molar-refractivity contribution < 1.29 is 13.6 Å². The van der Waals surface area contributed by atoms with Crippen LogP contribution in [0.4, 0.5) is 13.9 Å². The summed E-state index contributed by atoms with van der Waals surface area (Å²) in [5.74, 6) is -0.674. The summed E-state index contributed by atoms with van der Waals surface area (Å²) in [5.41, 5.74) is 4.83. The van der Waals surface area contributed by atoms with E-state index in [4.69, 9.17) is 0 Å². The van der Waals surface area contributed by atoms with Crippen LogP contribution in [0.3, 0.4) is 0 Å². The molecule has 7 heteroatoms. The number of thiazole rings is 1.